The van der Waals surface area contributed by atoms with E-state index in [0.717, 1.165) is 11.3 Å². The minimum atomic E-state index is -0.511. The maximum absolute atomic E-state index is 12.3. The number of nitrogens with two attached hydrogens (primary N) is 1. The summed E-state index contributed by atoms with van der Waals surface area (Å²) in [7, 11) is 0. The zero-order valence-corrected chi connectivity index (χ0v) is 16.6. The lowest BCUT2D eigenvalue weighted by Gasteiger charge is -2.19. The van der Waals surface area contributed by atoms with Crippen LogP contribution in [0.3, 0.4) is 0 Å². The molecule has 10 heteroatoms. The van der Waals surface area contributed by atoms with Crippen molar-refractivity contribution in [2.45, 2.75) is 32.0 Å². The SMILES string of the molecule is C[C@H](Nc1ccc2c(c1)OCCn1cc(N3C(=O)SC[C@H]3CC#N)nc1-2)C(N)=O. The molecule has 1 aromatic carbocycles. The van der Waals surface area contributed by atoms with Crippen LogP contribution in [0.25, 0.3) is 11.4 Å². The molecule has 9 nitrogen and oxygen atoms in total. The second-order valence-electron chi connectivity index (χ2n) is 6.91. The fourth-order valence-electron chi connectivity index (χ4n) is 3.39. The number of ether oxygens (including phenoxy) is 1. The van der Waals surface area contributed by atoms with Crippen molar-refractivity contribution in [2.24, 2.45) is 5.73 Å². The topological polar surface area (TPSA) is 126 Å². The van der Waals surface area contributed by atoms with E-state index in [2.05, 4.69) is 11.4 Å². The van der Waals surface area contributed by atoms with Gasteiger partial charge >= 0.3 is 0 Å². The van der Waals surface area contributed by atoms with E-state index in [-0.39, 0.29) is 17.7 Å². The minimum absolute atomic E-state index is 0.0880. The van der Waals surface area contributed by atoms with Crippen LogP contribution in [0.4, 0.5) is 16.3 Å². The Kier molecular flexibility index (Phi) is 5.07. The molecule has 0 spiro atoms. The molecule has 2 amide bonds. The van der Waals surface area contributed by atoms with Crippen LogP contribution in [0.5, 0.6) is 5.75 Å². The third-order valence-corrected chi connectivity index (χ3v) is 5.92. The first-order valence-corrected chi connectivity index (χ1v) is 10.2. The number of nitrogens with zero attached hydrogens (tertiary/aromatic N) is 4. The number of carbonyl (C=O) groups excluding carboxylic acids is 2. The molecule has 1 saturated heterocycles. The zero-order valence-electron chi connectivity index (χ0n) is 15.8. The number of hydrogen-bond acceptors (Lipinski definition) is 7. The summed E-state index contributed by atoms with van der Waals surface area (Å²) in [5, 5.41) is 12.0. The van der Waals surface area contributed by atoms with E-state index in [1.165, 1.54) is 11.8 Å². The van der Waals surface area contributed by atoms with Crippen LogP contribution in [0.1, 0.15) is 13.3 Å². The van der Waals surface area contributed by atoms with Gasteiger partial charge in [-0.2, -0.15) is 5.26 Å². The van der Waals surface area contributed by atoms with Gasteiger partial charge < -0.3 is 20.4 Å². The summed E-state index contributed by atoms with van der Waals surface area (Å²) >= 11 is 1.21. The van der Waals surface area contributed by atoms with E-state index in [9.17, 15) is 9.59 Å². The highest BCUT2D eigenvalue weighted by Crippen LogP contribution is 2.37. The van der Waals surface area contributed by atoms with Crippen molar-refractivity contribution >= 4 is 34.4 Å². The maximum atomic E-state index is 12.3. The number of nitriles is 1. The van der Waals surface area contributed by atoms with Crippen molar-refractivity contribution in [3.05, 3.63) is 24.4 Å². The zero-order chi connectivity index (χ0) is 20.5. The van der Waals surface area contributed by atoms with Gasteiger partial charge in [0.05, 0.1) is 30.6 Å². The summed E-state index contributed by atoms with van der Waals surface area (Å²) in [6.45, 7) is 2.71. The largest absolute Gasteiger partial charge is 0.491 e. The molecule has 1 fully saturated rings. The molecule has 2 aliphatic rings. The minimum Gasteiger partial charge on any atom is -0.491 e. The molecule has 0 saturated carbocycles. The number of thioether (sulfide) groups is 1. The van der Waals surface area contributed by atoms with E-state index < -0.39 is 11.9 Å². The van der Waals surface area contributed by atoms with Gasteiger partial charge in [-0.05, 0) is 19.1 Å². The molecule has 2 atom stereocenters. The quantitative estimate of drug-likeness (QED) is 0.771. The smallest absolute Gasteiger partial charge is 0.287 e. The molecule has 0 radical (unpaired) electrons. The van der Waals surface area contributed by atoms with E-state index in [4.69, 9.17) is 20.7 Å². The molecule has 0 bridgehead atoms. The molecule has 1 aromatic heterocycles. The van der Waals surface area contributed by atoms with Crippen molar-refractivity contribution in [1.82, 2.24) is 9.55 Å². The number of anilines is 2. The summed E-state index contributed by atoms with van der Waals surface area (Å²) in [5.41, 5.74) is 6.83. The van der Waals surface area contributed by atoms with Crippen LogP contribution in [-0.2, 0) is 11.3 Å². The van der Waals surface area contributed by atoms with Crippen molar-refractivity contribution in [3.63, 3.8) is 0 Å². The lowest BCUT2D eigenvalue weighted by atomic mass is 10.1. The average Bonchev–Trinajstić information content (AvgIpc) is 3.21. The number of hydrogen-bond donors (Lipinski definition) is 2. The second kappa shape index (κ2) is 7.67. The predicted octanol–water partition coefficient (Wildman–Crippen LogP) is 2.18. The van der Waals surface area contributed by atoms with Gasteiger partial charge in [0.15, 0.2) is 5.82 Å². The van der Waals surface area contributed by atoms with E-state index in [1.807, 2.05) is 29.0 Å². The van der Waals surface area contributed by atoms with Crippen LogP contribution in [-0.4, -0.2) is 45.1 Å². The Balaban J connectivity index is 1.68. The molecular formula is C19H20N6O3S. The number of aromatic nitrogens is 2. The van der Waals surface area contributed by atoms with Crippen molar-refractivity contribution in [3.8, 4) is 23.2 Å². The number of nitrogens with one attached hydrogen (secondary N) is 1. The third kappa shape index (κ3) is 3.61. The number of rotatable bonds is 5. The Morgan fingerprint density at radius 1 is 1.55 bits per heavy atom. The number of imidazole rings is 1. The Hall–Kier alpha value is -3.19. The molecule has 3 N–H and O–H groups in total. The lowest BCUT2D eigenvalue weighted by Crippen LogP contribution is -2.33. The molecule has 2 aromatic rings. The molecule has 29 heavy (non-hydrogen) atoms. The number of carbonyl (C=O) groups is 2. The Morgan fingerprint density at radius 3 is 3.14 bits per heavy atom. The Bertz CT molecular complexity index is 1010. The van der Waals surface area contributed by atoms with Crippen LogP contribution in [0.2, 0.25) is 0 Å². The number of amides is 2. The Labute approximate surface area is 171 Å². The lowest BCUT2D eigenvalue weighted by molar-refractivity contribution is -0.118. The fraction of sp³-hybridized carbons (Fsp3) is 0.368. The fourth-order valence-corrected chi connectivity index (χ4v) is 4.38. The van der Waals surface area contributed by atoms with Gasteiger partial charge in [-0.3, -0.25) is 14.5 Å². The maximum Gasteiger partial charge on any atom is 0.287 e. The van der Waals surface area contributed by atoms with E-state index >= 15 is 0 Å². The molecule has 0 aliphatic carbocycles. The van der Waals surface area contributed by atoms with E-state index in [0.29, 0.717) is 36.3 Å². The summed E-state index contributed by atoms with van der Waals surface area (Å²) in [4.78, 5) is 30.0. The highest BCUT2D eigenvalue weighted by Gasteiger charge is 2.35. The highest BCUT2D eigenvalue weighted by atomic mass is 32.2. The second-order valence-corrected chi connectivity index (χ2v) is 7.88. The van der Waals surface area contributed by atoms with E-state index in [1.54, 1.807) is 11.8 Å². The van der Waals surface area contributed by atoms with Crippen LogP contribution < -0.4 is 20.7 Å². The van der Waals surface area contributed by atoms with Gasteiger partial charge in [-0.15, -0.1) is 0 Å². The first-order chi connectivity index (χ1) is 14.0. The summed E-state index contributed by atoms with van der Waals surface area (Å²) in [5.74, 6) is 2.02. The van der Waals surface area contributed by atoms with Gasteiger partial charge in [0.2, 0.25) is 5.91 Å². The average molecular weight is 412 g/mol. The predicted molar refractivity (Wildman–Crippen MR) is 110 cm³/mol. The summed E-state index contributed by atoms with van der Waals surface area (Å²) < 4.78 is 7.83. The molecular weight excluding hydrogens is 392 g/mol. The standard InChI is InChI=1S/C19H20N6O3S/c1-11(17(21)26)22-12-2-3-14-15(8-12)28-7-6-24-9-16(23-18(14)24)25-13(4-5-20)10-29-19(25)27/h2-3,8-9,11,13,22H,4,6-7,10H2,1H3,(H2,21,26)/t11-,13+/m0/s1. The number of benzene rings is 1. The number of primary amides is 1. The van der Waals surface area contributed by atoms with Gasteiger partial charge in [0.1, 0.15) is 24.2 Å². The van der Waals surface area contributed by atoms with Crippen molar-refractivity contribution in [1.29, 1.82) is 5.26 Å². The first-order valence-electron chi connectivity index (χ1n) is 9.21. The van der Waals surface area contributed by atoms with Gasteiger partial charge in [-0.1, -0.05) is 11.8 Å². The molecule has 150 valence electrons. The normalized spacial score (nSPS) is 18.8. The van der Waals surface area contributed by atoms with Gasteiger partial charge in [0, 0.05) is 23.7 Å². The first kappa shape index (κ1) is 19.1. The highest BCUT2D eigenvalue weighted by molar-refractivity contribution is 8.14. The molecule has 2 aliphatic heterocycles. The van der Waals surface area contributed by atoms with Crippen LogP contribution >= 0.6 is 11.8 Å². The van der Waals surface area contributed by atoms with Crippen LogP contribution in [0.15, 0.2) is 24.4 Å². The van der Waals surface area contributed by atoms with Crippen molar-refractivity contribution in [2.75, 3.05) is 22.6 Å². The monoisotopic (exact) mass is 412 g/mol. The molecule has 3 heterocycles. The number of fused-ring (bicyclic) bond motifs is 3. The summed E-state index contributed by atoms with van der Waals surface area (Å²) in [6, 6.07) is 6.98. The van der Waals surface area contributed by atoms with Gasteiger partial charge in [-0.25, -0.2) is 4.98 Å². The summed E-state index contributed by atoms with van der Waals surface area (Å²) in [6.07, 6.45) is 2.11. The molecule has 4 rings (SSSR count). The van der Waals surface area contributed by atoms with Gasteiger partial charge in [0.25, 0.3) is 5.24 Å². The van der Waals surface area contributed by atoms with Crippen LogP contribution in [0, 0.1) is 11.3 Å². The molecule has 0 unspecified atom stereocenters. The Morgan fingerprint density at radius 2 is 2.38 bits per heavy atom. The third-order valence-electron chi connectivity index (χ3n) is 4.92. The van der Waals surface area contributed by atoms with Crippen molar-refractivity contribution < 1.29 is 14.3 Å².